The topological polar surface area (TPSA) is 92.9 Å². The molecule has 0 unspecified atom stereocenters. The Kier molecular flexibility index (Phi) is 4.21. The average molecular weight is 320 g/mol. The van der Waals surface area contributed by atoms with Crippen LogP contribution < -0.4 is 4.74 Å². The minimum Gasteiger partial charge on any atom is -0.490 e. The molecule has 0 saturated heterocycles. The Hall–Kier alpha value is -2.15. The van der Waals surface area contributed by atoms with Gasteiger partial charge in [-0.2, -0.15) is 0 Å². The van der Waals surface area contributed by atoms with Gasteiger partial charge in [-0.1, -0.05) is 0 Å². The Balaban J connectivity index is 1.83. The monoisotopic (exact) mass is 320 g/mol. The van der Waals surface area contributed by atoms with Gasteiger partial charge in [-0.15, -0.1) is 0 Å². The van der Waals surface area contributed by atoms with E-state index in [4.69, 9.17) is 4.74 Å². The van der Waals surface area contributed by atoms with Crippen molar-refractivity contribution in [3.05, 3.63) is 33.4 Å². The number of methoxy groups -OCH3 is 1. The predicted octanol–water partition coefficient (Wildman–Crippen LogP) is 2.11. The molecule has 124 valence electrons. The summed E-state index contributed by atoms with van der Waals surface area (Å²) in [6.45, 7) is 0.609. The van der Waals surface area contributed by atoms with Gasteiger partial charge in [-0.25, -0.2) is 0 Å². The SMILES string of the molecule is COc1cc2c(cc1[N+](=O)[O-])CN(C1CCC(CO)CC1)C2=O. The molecular formula is C16H20N2O5. The summed E-state index contributed by atoms with van der Waals surface area (Å²) < 4.78 is 5.05. The fraction of sp³-hybridized carbons (Fsp3) is 0.562. The number of carbonyl (C=O) groups is 1. The molecule has 1 fully saturated rings. The largest absolute Gasteiger partial charge is 0.490 e. The van der Waals surface area contributed by atoms with Crippen LogP contribution in [0.2, 0.25) is 0 Å². The van der Waals surface area contributed by atoms with Crippen LogP contribution >= 0.6 is 0 Å². The standard InChI is InChI=1S/C16H20N2O5/c1-23-15-7-13-11(6-14(15)18(21)22)8-17(16(13)20)12-4-2-10(9-19)3-5-12/h6-7,10,12,19H,2-5,8-9H2,1H3. The zero-order valence-corrected chi connectivity index (χ0v) is 13.0. The molecular weight excluding hydrogens is 300 g/mol. The Morgan fingerprint density at radius 2 is 2.04 bits per heavy atom. The lowest BCUT2D eigenvalue weighted by molar-refractivity contribution is -0.385. The zero-order valence-electron chi connectivity index (χ0n) is 13.0. The van der Waals surface area contributed by atoms with E-state index in [0.29, 0.717) is 23.6 Å². The number of carbonyl (C=O) groups excluding carboxylic acids is 1. The molecule has 1 saturated carbocycles. The van der Waals surface area contributed by atoms with Crippen molar-refractivity contribution in [2.24, 2.45) is 5.92 Å². The summed E-state index contributed by atoms with van der Waals surface area (Å²) >= 11 is 0. The van der Waals surface area contributed by atoms with Crippen molar-refractivity contribution < 1.29 is 19.6 Å². The molecule has 0 radical (unpaired) electrons. The van der Waals surface area contributed by atoms with Crippen LogP contribution in [0.3, 0.4) is 0 Å². The maximum atomic E-state index is 12.6. The summed E-state index contributed by atoms with van der Waals surface area (Å²) in [6.07, 6.45) is 3.55. The molecule has 1 aliphatic heterocycles. The number of amides is 1. The highest BCUT2D eigenvalue weighted by molar-refractivity contribution is 5.99. The smallest absolute Gasteiger partial charge is 0.311 e. The maximum absolute atomic E-state index is 12.6. The summed E-state index contributed by atoms with van der Waals surface area (Å²) in [5, 5.41) is 20.3. The number of aliphatic hydroxyl groups excluding tert-OH is 1. The zero-order chi connectivity index (χ0) is 16.6. The second-order valence-corrected chi connectivity index (χ2v) is 6.23. The maximum Gasteiger partial charge on any atom is 0.311 e. The highest BCUT2D eigenvalue weighted by Crippen LogP contribution is 2.37. The summed E-state index contributed by atoms with van der Waals surface area (Å²) in [5.41, 5.74) is 1.08. The van der Waals surface area contributed by atoms with Crippen LogP contribution in [0.5, 0.6) is 5.75 Å². The lowest BCUT2D eigenvalue weighted by Gasteiger charge is -2.33. The molecule has 2 aliphatic rings. The van der Waals surface area contributed by atoms with Gasteiger partial charge in [-0.05, 0) is 37.2 Å². The Morgan fingerprint density at radius 3 is 2.61 bits per heavy atom. The van der Waals surface area contributed by atoms with E-state index >= 15 is 0 Å². The molecule has 7 nitrogen and oxygen atoms in total. The number of benzene rings is 1. The lowest BCUT2D eigenvalue weighted by atomic mass is 9.86. The molecule has 0 spiro atoms. The van der Waals surface area contributed by atoms with Gasteiger partial charge in [0.2, 0.25) is 0 Å². The fourth-order valence-electron chi connectivity index (χ4n) is 3.59. The van der Waals surface area contributed by atoms with Crippen LogP contribution in [-0.4, -0.2) is 40.6 Å². The third-order valence-electron chi connectivity index (χ3n) is 4.95. The molecule has 1 amide bonds. The molecule has 0 atom stereocenters. The van der Waals surface area contributed by atoms with Crippen LogP contribution in [-0.2, 0) is 6.54 Å². The van der Waals surface area contributed by atoms with Gasteiger partial charge in [0, 0.05) is 36.9 Å². The summed E-state index contributed by atoms with van der Waals surface area (Å²) in [5.74, 6) is 0.362. The Morgan fingerprint density at radius 1 is 1.35 bits per heavy atom. The Bertz CT molecular complexity index is 638. The summed E-state index contributed by atoms with van der Waals surface area (Å²) in [6, 6.07) is 3.07. The number of nitro benzene ring substituents is 1. The van der Waals surface area contributed by atoms with Crippen LogP contribution in [0, 0.1) is 16.0 Å². The molecule has 1 aliphatic carbocycles. The third-order valence-corrected chi connectivity index (χ3v) is 4.95. The molecule has 1 N–H and O–H groups in total. The predicted molar refractivity (Wildman–Crippen MR) is 82.4 cm³/mol. The molecule has 1 aromatic rings. The minimum atomic E-state index is -0.487. The van der Waals surface area contributed by atoms with E-state index in [2.05, 4.69) is 0 Å². The summed E-state index contributed by atoms with van der Waals surface area (Å²) in [7, 11) is 1.36. The van der Waals surface area contributed by atoms with Crippen molar-refractivity contribution in [3.8, 4) is 5.75 Å². The van der Waals surface area contributed by atoms with E-state index in [9.17, 15) is 20.0 Å². The highest BCUT2D eigenvalue weighted by atomic mass is 16.6. The number of nitro groups is 1. The number of hydrogen-bond acceptors (Lipinski definition) is 5. The molecule has 0 bridgehead atoms. The second kappa shape index (κ2) is 6.16. The van der Waals surface area contributed by atoms with Crippen molar-refractivity contribution in [1.82, 2.24) is 4.90 Å². The first kappa shape index (κ1) is 15.7. The Labute approximate surface area is 134 Å². The van der Waals surface area contributed by atoms with Gasteiger partial charge in [0.05, 0.1) is 12.0 Å². The number of ether oxygens (including phenoxy) is 1. The van der Waals surface area contributed by atoms with Gasteiger partial charge in [-0.3, -0.25) is 14.9 Å². The highest BCUT2D eigenvalue weighted by Gasteiger charge is 2.36. The molecule has 3 rings (SSSR count). The molecule has 1 heterocycles. The van der Waals surface area contributed by atoms with E-state index in [-0.39, 0.29) is 30.0 Å². The average Bonchev–Trinajstić information content (AvgIpc) is 2.90. The van der Waals surface area contributed by atoms with E-state index in [1.807, 2.05) is 0 Å². The third kappa shape index (κ3) is 2.76. The van der Waals surface area contributed by atoms with E-state index in [0.717, 1.165) is 25.7 Å². The number of hydrogen-bond donors (Lipinski definition) is 1. The van der Waals surface area contributed by atoms with Crippen molar-refractivity contribution in [2.45, 2.75) is 38.3 Å². The lowest BCUT2D eigenvalue weighted by Crippen LogP contribution is -2.38. The van der Waals surface area contributed by atoms with Crippen molar-refractivity contribution in [1.29, 1.82) is 0 Å². The summed E-state index contributed by atoms with van der Waals surface area (Å²) in [4.78, 5) is 25.1. The number of aliphatic hydroxyl groups is 1. The first-order valence-corrected chi connectivity index (χ1v) is 7.82. The van der Waals surface area contributed by atoms with E-state index < -0.39 is 4.92 Å². The molecule has 0 aromatic heterocycles. The number of rotatable bonds is 4. The van der Waals surface area contributed by atoms with Crippen LogP contribution in [0.4, 0.5) is 5.69 Å². The van der Waals surface area contributed by atoms with Gasteiger partial charge in [0.15, 0.2) is 5.75 Å². The van der Waals surface area contributed by atoms with Gasteiger partial charge in [0.25, 0.3) is 5.91 Å². The minimum absolute atomic E-state index is 0.0827. The van der Waals surface area contributed by atoms with Crippen LogP contribution in [0.15, 0.2) is 12.1 Å². The fourth-order valence-corrected chi connectivity index (χ4v) is 3.59. The molecule has 23 heavy (non-hydrogen) atoms. The van der Waals surface area contributed by atoms with E-state index in [1.54, 1.807) is 4.90 Å². The van der Waals surface area contributed by atoms with Crippen LogP contribution in [0.1, 0.15) is 41.6 Å². The normalized spacial score (nSPS) is 23.7. The van der Waals surface area contributed by atoms with Crippen molar-refractivity contribution >= 4 is 11.6 Å². The molecule has 1 aromatic carbocycles. The van der Waals surface area contributed by atoms with E-state index in [1.165, 1.54) is 19.2 Å². The first-order valence-electron chi connectivity index (χ1n) is 7.82. The quantitative estimate of drug-likeness (QED) is 0.677. The van der Waals surface area contributed by atoms with Gasteiger partial charge in [0.1, 0.15) is 0 Å². The first-order chi connectivity index (χ1) is 11.0. The van der Waals surface area contributed by atoms with Crippen molar-refractivity contribution in [2.75, 3.05) is 13.7 Å². The van der Waals surface area contributed by atoms with Crippen LogP contribution in [0.25, 0.3) is 0 Å². The second-order valence-electron chi connectivity index (χ2n) is 6.23. The molecule has 7 heteroatoms. The number of fused-ring (bicyclic) bond motifs is 1. The number of nitrogens with zero attached hydrogens (tertiary/aromatic N) is 2. The van der Waals surface area contributed by atoms with Gasteiger partial charge < -0.3 is 14.7 Å². The van der Waals surface area contributed by atoms with Gasteiger partial charge >= 0.3 is 5.69 Å². The van der Waals surface area contributed by atoms with Crippen molar-refractivity contribution in [3.63, 3.8) is 0 Å².